The third kappa shape index (κ3) is 2.76. The fourth-order valence-electron chi connectivity index (χ4n) is 1.86. The van der Waals surface area contributed by atoms with E-state index in [0.717, 1.165) is 18.2 Å². The average molecular weight is 310 g/mol. The van der Waals surface area contributed by atoms with Crippen LogP contribution in [0, 0.1) is 28.8 Å². The van der Waals surface area contributed by atoms with Crippen molar-refractivity contribution in [1.82, 2.24) is 0 Å². The molecule has 1 unspecified atom stereocenters. The highest BCUT2D eigenvalue weighted by Gasteiger charge is 2.28. The third-order valence-corrected chi connectivity index (χ3v) is 3.19. The molecule has 2 nitrogen and oxygen atoms in total. The van der Waals surface area contributed by atoms with Gasteiger partial charge in [0, 0.05) is 5.56 Å². The highest BCUT2D eigenvalue weighted by atomic mass is 35.5. The number of carbonyl (C=O) groups is 1. The third-order valence-electron chi connectivity index (χ3n) is 2.90. The number of rotatable bonds is 3. The molecule has 0 aliphatic carbocycles. The Hall–Kier alpha value is -2.32. The van der Waals surface area contributed by atoms with Gasteiger partial charge >= 0.3 is 0 Å². The lowest BCUT2D eigenvalue weighted by Crippen LogP contribution is -2.15. The summed E-state index contributed by atoms with van der Waals surface area (Å²) in [5, 5.41) is 8.83. The van der Waals surface area contributed by atoms with Crippen molar-refractivity contribution in [1.29, 1.82) is 5.26 Å². The van der Waals surface area contributed by atoms with Gasteiger partial charge in [-0.05, 0) is 18.2 Å². The predicted octanol–water partition coefficient (Wildman–Crippen LogP) is 4.25. The maximum Gasteiger partial charge on any atom is 0.187 e. The number of carbonyl (C=O) groups excluding carboxylic acids is 1. The summed E-state index contributed by atoms with van der Waals surface area (Å²) in [6.07, 6.45) is 0. The Kier molecular flexibility index (Phi) is 4.29. The first-order valence-corrected chi connectivity index (χ1v) is 6.17. The van der Waals surface area contributed by atoms with Gasteiger partial charge in [0.15, 0.2) is 17.4 Å². The van der Waals surface area contributed by atoms with Crippen molar-refractivity contribution in [2.45, 2.75) is 5.92 Å². The van der Waals surface area contributed by atoms with Gasteiger partial charge in [0.05, 0.1) is 16.7 Å². The molecule has 0 N–H and O–H groups in total. The van der Waals surface area contributed by atoms with Crippen LogP contribution in [0.1, 0.15) is 21.8 Å². The maximum atomic E-state index is 13.9. The number of nitrogens with zero attached hydrogens (tertiary/aromatic N) is 1. The van der Waals surface area contributed by atoms with Crippen molar-refractivity contribution >= 4 is 17.4 Å². The van der Waals surface area contributed by atoms with Crippen LogP contribution in [0.4, 0.5) is 13.2 Å². The number of nitriles is 1. The molecule has 0 fully saturated rings. The zero-order chi connectivity index (χ0) is 15.6. The standard InChI is InChI=1S/C15H7ClF3NO/c16-11-5-1-3-8(13(11)18)10(7-20)15(21)9-4-2-6-12(17)14(9)19/h1-6,10H. The van der Waals surface area contributed by atoms with Crippen molar-refractivity contribution in [3.05, 3.63) is 70.0 Å². The molecule has 0 saturated heterocycles. The van der Waals surface area contributed by atoms with Crippen LogP contribution < -0.4 is 0 Å². The van der Waals surface area contributed by atoms with Crippen molar-refractivity contribution in [3.63, 3.8) is 0 Å². The molecule has 0 radical (unpaired) electrons. The predicted molar refractivity (Wildman–Crippen MR) is 70.5 cm³/mol. The largest absolute Gasteiger partial charge is 0.292 e. The van der Waals surface area contributed by atoms with Gasteiger partial charge in [0.1, 0.15) is 11.7 Å². The first kappa shape index (κ1) is 15.1. The van der Waals surface area contributed by atoms with Crippen LogP contribution in [0.5, 0.6) is 0 Å². The van der Waals surface area contributed by atoms with E-state index in [1.165, 1.54) is 18.2 Å². The van der Waals surface area contributed by atoms with Gasteiger partial charge in [-0.3, -0.25) is 4.79 Å². The Morgan fingerprint density at radius 1 is 1.10 bits per heavy atom. The average Bonchev–Trinajstić information content (AvgIpc) is 2.47. The van der Waals surface area contributed by atoms with E-state index in [2.05, 4.69) is 0 Å². The quantitative estimate of drug-likeness (QED) is 0.795. The van der Waals surface area contributed by atoms with E-state index >= 15 is 0 Å². The van der Waals surface area contributed by atoms with Gasteiger partial charge < -0.3 is 0 Å². The topological polar surface area (TPSA) is 40.9 Å². The first-order chi connectivity index (χ1) is 9.97. The second-order valence-electron chi connectivity index (χ2n) is 4.17. The molecule has 0 aliphatic rings. The van der Waals surface area contributed by atoms with Crippen LogP contribution in [-0.2, 0) is 0 Å². The van der Waals surface area contributed by atoms with E-state index in [4.69, 9.17) is 16.9 Å². The molecule has 1 atom stereocenters. The highest BCUT2D eigenvalue weighted by molar-refractivity contribution is 6.30. The summed E-state index contributed by atoms with van der Waals surface area (Å²) in [7, 11) is 0. The van der Waals surface area contributed by atoms with E-state index in [0.29, 0.717) is 0 Å². The second kappa shape index (κ2) is 5.98. The number of benzene rings is 2. The van der Waals surface area contributed by atoms with Crippen molar-refractivity contribution in [2.75, 3.05) is 0 Å². The van der Waals surface area contributed by atoms with E-state index in [1.807, 2.05) is 0 Å². The van der Waals surface area contributed by atoms with Gasteiger partial charge in [-0.15, -0.1) is 0 Å². The summed E-state index contributed by atoms with van der Waals surface area (Å²) in [6.45, 7) is 0. The Morgan fingerprint density at radius 3 is 2.43 bits per heavy atom. The molecule has 0 aromatic heterocycles. The van der Waals surface area contributed by atoms with E-state index in [1.54, 1.807) is 6.07 Å². The van der Waals surface area contributed by atoms with Crippen LogP contribution in [0.15, 0.2) is 36.4 Å². The molecular formula is C15H7ClF3NO. The first-order valence-electron chi connectivity index (χ1n) is 5.79. The molecule has 0 saturated carbocycles. The molecule has 0 heterocycles. The number of ketones is 1. The minimum atomic E-state index is -1.61. The summed E-state index contributed by atoms with van der Waals surface area (Å²) >= 11 is 5.59. The minimum absolute atomic E-state index is 0.264. The van der Waals surface area contributed by atoms with Gasteiger partial charge in [-0.1, -0.05) is 29.8 Å². The fourth-order valence-corrected chi connectivity index (χ4v) is 2.04. The van der Waals surface area contributed by atoms with E-state index in [-0.39, 0.29) is 10.6 Å². The summed E-state index contributed by atoms with van der Waals surface area (Å²) < 4.78 is 40.7. The summed E-state index contributed by atoms with van der Waals surface area (Å²) in [5.74, 6) is -6.17. The smallest absolute Gasteiger partial charge is 0.187 e. The molecule has 6 heteroatoms. The van der Waals surface area contributed by atoms with E-state index < -0.39 is 34.7 Å². The summed E-state index contributed by atoms with van der Waals surface area (Å²) in [6, 6.07) is 8.42. The minimum Gasteiger partial charge on any atom is -0.292 e. The SMILES string of the molecule is N#CC(C(=O)c1cccc(F)c1F)c1cccc(Cl)c1F. The summed E-state index contributed by atoms with van der Waals surface area (Å²) in [5.41, 5.74) is -0.889. The zero-order valence-electron chi connectivity index (χ0n) is 10.4. The van der Waals surface area contributed by atoms with Crippen LogP contribution in [0.2, 0.25) is 5.02 Å². The molecule has 0 aliphatic heterocycles. The summed E-state index contributed by atoms with van der Waals surface area (Å²) in [4.78, 5) is 12.2. The van der Waals surface area contributed by atoms with Crippen LogP contribution in [0.25, 0.3) is 0 Å². The molecule has 21 heavy (non-hydrogen) atoms. The lowest BCUT2D eigenvalue weighted by molar-refractivity contribution is 0.0972. The Morgan fingerprint density at radius 2 is 1.76 bits per heavy atom. The molecule has 0 spiro atoms. The fraction of sp³-hybridized carbons (Fsp3) is 0.0667. The molecule has 0 bridgehead atoms. The molecule has 2 rings (SSSR count). The molecule has 106 valence electrons. The number of hydrogen-bond donors (Lipinski definition) is 0. The number of halogens is 4. The monoisotopic (exact) mass is 309 g/mol. The van der Waals surface area contributed by atoms with Gasteiger partial charge in [-0.25, -0.2) is 13.2 Å². The van der Waals surface area contributed by atoms with Crippen molar-refractivity contribution in [2.24, 2.45) is 0 Å². The Bertz CT molecular complexity index is 755. The maximum absolute atomic E-state index is 13.9. The molecule has 0 amide bonds. The lowest BCUT2D eigenvalue weighted by Gasteiger charge is -2.11. The van der Waals surface area contributed by atoms with Crippen LogP contribution in [0.3, 0.4) is 0 Å². The molecule has 2 aromatic rings. The normalized spacial score (nSPS) is 11.8. The van der Waals surface area contributed by atoms with E-state index in [9.17, 15) is 18.0 Å². The second-order valence-corrected chi connectivity index (χ2v) is 4.58. The van der Waals surface area contributed by atoms with Crippen LogP contribution in [-0.4, -0.2) is 5.78 Å². The molecule has 2 aromatic carbocycles. The lowest BCUT2D eigenvalue weighted by atomic mass is 9.91. The van der Waals surface area contributed by atoms with Gasteiger partial charge in [-0.2, -0.15) is 5.26 Å². The Balaban J connectivity index is 2.52. The van der Waals surface area contributed by atoms with Crippen LogP contribution >= 0.6 is 11.6 Å². The zero-order valence-corrected chi connectivity index (χ0v) is 11.2. The number of hydrogen-bond acceptors (Lipinski definition) is 2. The van der Waals surface area contributed by atoms with Gasteiger partial charge in [0.2, 0.25) is 0 Å². The Labute approximate surface area is 123 Å². The highest BCUT2D eigenvalue weighted by Crippen LogP contribution is 2.28. The molecular weight excluding hydrogens is 303 g/mol. The number of Topliss-reactive ketones (excluding diaryl/α,β-unsaturated/α-hetero) is 1. The van der Waals surface area contributed by atoms with Gasteiger partial charge in [0.25, 0.3) is 0 Å². The van der Waals surface area contributed by atoms with Crippen molar-refractivity contribution < 1.29 is 18.0 Å². The van der Waals surface area contributed by atoms with Crippen molar-refractivity contribution in [3.8, 4) is 6.07 Å².